The third kappa shape index (κ3) is 4.75. The van der Waals surface area contributed by atoms with Gasteiger partial charge < -0.3 is 14.6 Å². The number of nitro groups is 1. The summed E-state index contributed by atoms with van der Waals surface area (Å²) < 4.78 is 5.75. The third-order valence-corrected chi connectivity index (χ3v) is 4.99. The van der Waals surface area contributed by atoms with Crippen molar-refractivity contribution in [1.82, 2.24) is 20.4 Å². The summed E-state index contributed by atoms with van der Waals surface area (Å²) in [7, 11) is 0. The van der Waals surface area contributed by atoms with Crippen LogP contribution in [0.15, 0.2) is 59.0 Å². The summed E-state index contributed by atoms with van der Waals surface area (Å²) in [5, 5.41) is 23.0. The Hall–Kier alpha value is -3.33. The predicted molar refractivity (Wildman–Crippen MR) is 111 cm³/mol. The Morgan fingerprint density at radius 3 is 2.72 bits per heavy atom. The van der Waals surface area contributed by atoms with Crippen molar-refractivity contribution in [2.75, 3.05) is 0 Å². The van der Waals surface area contributed by atoms with Crippen molar-refractivity contribution in [2.45, 2.75) is 32.0 Å². The minimum Gasteiger partial charge on any atom is -0.419 e. The Labute approximate surface area is 172 Å². The van der Waals surface area contributed by atoms with Gasteiger partial charge in [0.05, 0.1) is 11.5 Å². The number of benzene rings is 2. The quantitative estimate of drug-likeness (QED) is 0.358. The Bertz CT molecular complexity index is 1020. The van der Waals surface area contributed by atoms with E-state index < -0.39 is 4.92 Å². The van der Waals surface area contributed by atoms with Crippen LogP contribution in [0.4, 0.5) is 5.69 Å². The molecule has 1 aromatic heterocycles. The molecule has 29 heavy (non-hydrogen) atoms. The van der Waals surface area contributed by atoms with Crippen LogP contribution in [0.25, 0.3) is 11.5 Å². The van der Waals surface area contributed by atoms with E-state index in [1.54, 1.807) is 12.1 Å². The summed E-state index contributed by atoms with van der Waals surface area (Å²) >= 11 is 5.59. The molecule has 1 heterocycles. The van der Waals surface area contributed by atoms with Gasteiger partial charge >= 0.3 is 0 Å². The number of hydrogen-bond acceptors (Lipinski definition) is 6. The summed E-state index contributed by atoms with van der Waals surface area (Å²) in [6.07, 6.45) is 2.14. The zero-order valence-electron chi connectivity index (χ0n) is 15.5. The summed E-state index contributed by atoms with van der Waals surface area (Å²) in [5.41, 5.74) is 1.64. The lowest BCUT2D eigenvalue weighted by atomic mass is 10.2. The van der Waals surface area contributed by atoms with Gasteiger partial charge in [0.1, 0.15) is 0 Å². The highest BCUT2D eigenvalue weighted by Gasteiger charge is 2.32. The molecule has 1 fully saturated rings. The van der Waals surface area contributed by atoms with Gasteiger partial charge in [0.2, 0.25) is 11.8 Å². The number of aromatic nitrogens is 2. The molecule has 0 saturated heterocycles. The van der Waals surface area contributed by atoms with E-state index in [2.05, 4.69) is 20.4 Å². The van der Waals surface area contributed by atoms with E-state index >= 15 is 0 Å². The van der Waals surface area contributed by atoms with Crippen LogP contribution in [-0.4, -0.2) is 31.2 Å². The van der Waals surface area contributed by atoms with Gasteiger partial charge in [0.15, 0.2) is 5.11 Å². The van der Waals surface area contributed by atoms with Crippen LogP contribution in [-0.2, 0) is 13.1 Å². The highest BCUT2D eigenvalue weighted by atomic mass is 32.1. The van der Waals surface area contributed by atoms with Gasteiger partial charge in [-0.25, -0.2) is 0 Å². The average molecular weight is 409 g/mol. The molecule has 4 rings (SSSR count). The molecule has 0 amide bonds. The molecule has 0 unspecified atom stereocenters. The first-order valence-corrected chi connectivity index (χ1v) is 9.66. The molecule has 0 spiro atoms. The molecule has 1 aliphatic rings. The number of hydrogen-bond donors (Lipinski definition) is 1. The van der Waals surface area contributed by atoms with Gasteiger partial charge in [-0.15, -0.1) is 10.2 Å². The maximum atomic E-state index is 11.0. The lowest BCUT2D eigenvalue weighted by Crippen LogP contribution is -2.40. The van der Waals surface area contributed by atoms with Gasteiger partial charge in [-0.2, -0.15) is 0 Å². The maximum absolute atomic E-state index is 11.0. The standard InChI is InChI=1S/C20H19N5O3S/c26-25(27)17-8-4-7-15(11-17)19-23-22-18(28-19)13-24(16-9-10-16)20(29)21-12-14-5-2-1-3-6-14/h1-8,11,16H,9-10,12-13H2,(H,21,29). The molecule has 9 heteroatoms. The van der Waals surface area contributed by atoms with Crippen LogP contribution >= 0.6 is 12.2 Å². The molecule has 0 atom stereocenters. The van der Waals surface area contributed by atoms with Gasteiger partial charge in [0.25, 0.3) is 5.69 Å². The second-order valence-corrected chi connectivity index (χ2v) is 7.20. The molecule has 0 radical (unpaired) electrons. The second kappa shape index (κ2) is 8.36. The zero-order chi connectivity index (χ0) is 20.2. The summed E-state index contributed by atoms with van der Waals surface area (Å²) in [5.74, 6) is 0.671. The Balaban J connectivity index is 1.43. The van der Waals surface area contributed by atoms with Gasteiger partial charge in [0, 0.05) is 30.3 Å². The summed E-state index contributed by atoms with van der Waals surface area (Å²) in [4.78, 5) is 12.6. The van der Waals surface area contributed by atoms with Crippen molar-refractivity contribution in [2.24, 2.45) is 0 Å². The van der Waals surface area contributed by atoms with Crippen LogP contribution in [0.1, 0.15) is 24.3 Å². The minimum absolute atomic E-state index is 0.0202. The Morgan fingerprint density at radius 1 is 1.21 bits per heavy atom. The molecule has 2 aromatic carbocycles. The molecular weight excluding hydrogens is 390 g/mol. The number of rotatable bonds is 7. The number of thiocarbonyl (C=S) groups is 1. The molecule has 1 N–H and O–H groups in total. The van der Waals surface area contributed by atoms with E-state index in [0.717, 1.165) is 18.4 Å². The first-order chi connectivity index (χ1) is 14.1. The smallest absolute Gasteiger partial charge is 0.270 e. The number of non-ortho nitro benzene ring substituents is 1. The molecule has 1 aliphatic carbocycles. The largest absolute Gasteiger partial charge is 0.419 e. The SMILES string of the molecule is O=[N+]([O-])c1cccc(-c2nnc(CN(C(=S)NCc3ccccc3)C3CC3)o2)c1. The fourth-order valence-corrected chi connectivity index (χ4v) is 3.25. The van der Waals surface area contributed by atoms with Crippen molar-refractivity contribution < 1.29 is 9.34 Å². The molecule has 148 valence electrons. The van der Waals surface area contributed by atoms with E-state index in [0.29, 0.717) is 35.7 Å². The van der Waals surface area contributed by atoms with Gasteiger partial charge in [-0.05, 0) is 36.7 Å². The van der Waals surface area contributed by atoms with Crippen molar-refractivity contribution in [3.63, 3.8) is 0 Å². The number of nitro benzene ring substituents is 1. The van der Waals surface area contributed by atoms with Crippen molar-refractivity contribution >= 4 is 23.0 Å². The Morgan fingerprint density at radius 2 is 2.00 bits per heavy atom. The van der Waals surface area contributed by atoms with Crippen LogP contribution in [0.2, 0.25) is 0 Å². The van der Waals surface area contributed by atoms with Crippen LogP contribution in [0.3, 0.4) is 0 Å². The van der Waals surface area contributed by atoms with Crippen molar-refractivity contribution in [1.29, 1.82) is 0 Å². The fourth-order valence-electron chi connectivity index (χ4n) is 2.96. The second-order valence-electron chi connectivity index (χ2n) is 6.81. The van der Waals surface area contributed by atoms with E-state index in [9.17, 15) is 10.1 Å². The topological polar surface area (TPSA) is 97.3 Å². The fraction of sp³-hybridized carbons (Fsp3) is 0.250. The number of nitrogens with zero attached hydrogens (tertiary/aromatic N) is 4. The highest BCUT2D eigenvalue weighted by Crippen LogP contribution is 2.29. The Kier molecular flexibility index (Phi) is 5.48. The van der Waals surface area contributed by atoms with Crippen LogP contribution in [0, 0.1) is 10.1 Å². The first kappa shape index (κ1) is 19.0. The highest BCUT2D eigenvalue weighted by molar-refractivity contribution is 7.80. The van der Waals surface area contributed by atoms with E-state index in [4.69, 9.17) is 16.6 Å². The molecule has 0 aliphatic heterocycles. The molecule has 0 bridgehead atoms. The monoisotopic (exact) mass is 409 g/mol. The lowest BCUT2D eigenvalue weighted by Gasteiger charge is -2.24. The normalized spacial score (nSPS) is 13.1. The van der Waals surface area contributed by atoms with E-state index in [-0.39, 0.29) is 11.6 Å². The van der Waals surface area contributed by atoms with Crippen molar-refractivity contribution in [3.8, 4) is 11.5 Å². The van der Waals surface area contributed by atoms with E-state index in [1.165, 1.54) is 12.1 Å². The van der Waals surface area contributed by atoms with E-state index in [1.807, 2.05) is 30.3 Å². The van der Waals surface area contributed by atoms with Crippen LogP contribution in [0.5, 0.6) is 0 Å². The molecule has 3 aromatic rings. The zero-order valence-corrected chi connectivity index (χ0v) is 16.3. The van der Waals surface area contributed by atoms with Crippen LogP contribution < -0.4 is 5.32 Å². The number of nitrogens with one attached hydrogen (secondary N) is 1. The summed E-state index contributed by atoms with van der Waals surface area (Å²) in [6, 6.07) is 16.5. The lowest BCUT2D eigenvalue weighted by molar-refractivity contribution is -0.384. The summed E-state index contributed by atoms with van der Waals surface area (Å²) in [6.45, 7) is 1.04. The van der Waals surface area contributed by atoms with Gasteiger partial charge in [-0.3, -0.25) is 10.1 Å². The third-order valence-electron chi connectivity index (χ3n) is 4.61. The molecule has 1 saturated carbocycles. The van der Waals surface area contributed by atoms with Crippen molar-refractivity contribution in [3.05, 3.63) is 76.2 Å². The maximum Gasteiger partial charge on any atom is 0.270 e. The van der Waals surface area contributed by atoms with Gasteiger partial charge in [-0.1, -0.05) is 36.4 Å². The predicted octanol–water partition coefficient (Wildman–Crippen LogP) is 3.68. The molecular formula is C20H19N5O3S. The minimum atomic E-state index is -0.452. The molecule has 8 nitrogen and oxygen atoms in total. The average Bonchev–Trinajstić information content (AvgIpc) is 3.48. The first-order valence-electron chi connectivity index (χ1n) is 9.26.